The second kappa shape index (κ2) is 8.37. The van der Waals surface area contributed by atoms with E-state index >= 15 is 0 Å². The highest BCUT2D eigenvalue weighted by Crippen LogP contribution is 2.35. The molecule has 1 saturated heterocycles. The van der Waals surface area contributed by atoms with Crippen molar-refractivity contribution in [3.8, 4) is 22.3 Å². The number of H-pyrrole nitrogens is 1. The zero-order valence-electron chi connectivity index (χ0n) is 19.2. The van der Waals surface area contributed by atoms with Crippen LogP contribution in [0.1, 0.15) is 21.5 Å². The first-order chi connectivity index (χ1) is 15.9. The molecule has 1 fully saturated rings. The first-order valence-corrected chi connectivity index (χ1v) is 11.3. The standard InChI is InChI=1S/C27H28N4O2/c1-17-11-21(12-18(2)25(17)31-9-7-30(3)8-10-31)22-14-23-24(16-29-26(23)28-15-22)19-5-4-6-20(13-19)27(32)33/h4-6,11-16H,7-10H2,1-3H3,(H,28,29)(H,32,33). The summed E-state index contributed by atoms with van der Waals surface area (Å²) in [4.78, 5) is 24.2. The minimum absolute atomic E-state index is 0.275. The van der Waals surface area contributed by atoms with E-state index in [2.05, 4.69) is 58.9 Å². The summed E-state index contributed by atoms with van der Waals surface area (Å²) in [6.45, 7) is 8.64. The van der Waals surface area contributed by atoms with Crippen molar-refractivity contribution in [3.63, 3.8) is 0 Å². The number of pyridine rings is 1. The number of rotatable bonds is 4. The molecule has 0 radical (unpaired) electrons. The number of nitrogens with one attached hydrogen (secondary N) is 1. The number of carbonyl (C=O) groups is 1. The zero-order valence-corrected chi connectivity index (χ0v) is 19.2. The Balaban J connectivity index is 1.54. The van der Waals surface area contributed by atoms with Gasteiger partial charge in [-0.3, -0.25) is 0 Å². The topological polar surface area (TPSA) is 72.5 Å². The third kappa shape index (κ3) is 3.98. The van der Waals surface area contributed by atoms with Gasteiger partial charge in [0.15, 0.2) is 0 Å². The highest BCUT2D eigenvalue weighted by atomic mass is 16.4. The number of hydrogen-bond donors (Lipinski definition) is 2. The highest BCUT2D eigenvalue weighted by Gasteiger charge is 2.19. The Hall–Kier alpha value is -3.64. The first kappa shape index (κ1) is 21.2. The lowest BCUT2D eigenvalue weighted by atomic mass is 9.97. The molecule has 0 atom stereocenters. The molecule has 33 heavy (non-hydrogen) atoms. The Morgan fingerprint density at radius 2 is 1.70 bits per heavy atom. The molecular formula is C27H28N4O2. The third-order valence-corrected chi connectivity index (χ3v) is 6.60. The summed E-state index contributed by atoms with van der Waals surface area (Å²) >= 11 is 0. The lowest BCUT2D eigenvalue weighted by Gasteiger charge is -2.36. The van der Waals surface area contributed by atoms with E-state index in [1.54, 1.807) is 18.2 Å². The van der Waals surface area contributed by atoms with Crippen LogP contribution in [0.5, 0.6) is 0 Å². The fourth-order valence-corrected chi connectivity index (χ4v) is 4.87. The van der Waals surface area contributed by atoms with Crippen LogP contribution in [-0.2, 0) is 0 Å². The summed E-state index contributed by atoms with van der Waals surface area (Å²) in [6.07, 6.45) is 3.80. The molecule has 0 amide bonds. The number of aromatic carboxylic acids is 1. The minimum atomic E-state index is -0.929. The number of nitrogens with zero attached hydrogens (tertiary/aromatic N) is 3. The average Bonchev–Trinajstić information content (AvgIpc) is 3.23. The van der Waals surface area contributed by atoms with Crippen LogP contribution in [0.25, 0.3) is 33.3 Å². The summed E-state index contributed by atoms with van der Waals surface area (Å²) in [5, 5.41) is 10.3. The van der Waals surface area contributed by atoms with E-state index in [0.29, 0.717) is 0 Å². The normalized spacial score (nSPS) is 14.7. The van der Waals surface area contributed by atoms with Gasteiger partial charge in [0.25, 0.3) is 0 Å². The van der Waals surface area contributed by atoms with Crippen LogP contribution < -0.4 is 4.90 Å². The quantitative estimate of drug-likeness (QED) is 0.469. The fourth-order valence-electron chi connectivity index (χ4n) is 4.87. The van der Waals surface area contributed by atoms with Crippen molar-refractivity contribution in [2.24, 2.45) is 0 Å². The predicted octanol–water partition coefficient (Wildman–Crippen LogP) is 4.96. The molecule has 168 valence electrons. The Kier molecular flexibility index (Phi) is 5.38. The molecule has 0 aliphatic carbocycles. The average molecular weight is 441 g/mol. The Bertz CT molecular complexity index is 1330. The van der Waals surface area contributed by atoms with Crippen LogP contribution in [0.15, 0.2) is 54.9 Å². The Labute approximate surface area is 193 Å². The number of carboxylic acid groups (broad SMARTS) is 1. The molecule has 0 saturated carbocycles. The number of anilines is 1. The van der Waals surface area contributed by atoms with Gasteiger partial charge >= 0.3 is 5.97 Å². The van der Waals surface area contributed by atoms with Crippen LogP contribution in [0.3, 0.4) is 0 Å². The van der Waals surface area contributed by atoms with Gasteiger partial charge in [-0.15, -0.1) is 0 Å². The number of piperazine rings is 1. The van der Waals surface area contributed by atoms with Gasteiger partial charge in [0, 0.05) is 60.8 Å². The van der Waals surface area contributed by atoms with E-state index in [-0.39, 0.29) is 5.56 Å². The van der Waals surface area contributed by atoms with Gasteiger partial charge in [-0.25, -0.2) is 9.78 Å². The Morgan fingerprint density at radius 1 is 0.970 bits per heavy atom. The number of benzene rings is 2. The largest absolute Gasteiger partial charge is 0.478 e. The van der Waals surface area contributed by atoms with Crippen LogP contribution in [0, 0.1) is 13.8 Å². The molecule has 0 bridgehead atoms. The van der Waals surface area contributed by atoms with Gasteiger partial charge in [-0.2, -0.15) is 0 Å². The molecule has 2 N–H and O–H groups in total. The van der Waals surface area contributed by atoms with Crippen molar-refractivity contribution in [2.75, 3.05) is 38.1 Å². The van der Waals surface area contributed by atoms with Crippen LogP contribution >= 0.6 is 0 Å². The maximum atomic E-state index is 11.4. The molecule has 1 aliphatic rings. The van der Waals surface area contributed by atoms with Crippen LogP contribution in [0.4, 0.5) is 5.69 Å². The maximum Gasteiger partial charge on any atom is 0.335 e. The lowest BCUT2D eigenvalue weighted by molar-refractivity contribution is 0.0697. The molecule has 6 heteroatoms. The van der Waals surface area contributed by atoms with E-state index in [1.807, 2.05) is 18.5 Å². The molecule has 6 nitrogen and oxygen atoms in total. The monoisotopic (exact) mass is 440 g/mol. The van der Waals surface area contributed by atoms with Crippen molar-refractivity contribution in [1.29, 1.82) is 0 Å². The van der Waals surface area contributed by atoms with E-state index < -0.39 is 5.97 Å². The number of likely N-dealkylation sites (N-methyl/N-ethyl adjacent to an activating group) is 1. The summed E-state index contributed by atoms with van der Waals surface area (Å²) in [7, 11) is 2.18. The molecule has 3 heterocycles. The van der Waals surface area contributed by atoms with Crippen LogP contribution in [-0.4, -0.2) is 59.2 Å². The Morgan fingerprint density at radius 3 is 2.39 bits per heavy atom. The van der Waals surface area contributed by atoms with Gasteiger partial charge in [-0.1, -0.05) is 12.1 Å². The van der Waals surface area contributed by atoms with Crippen molar-refractivity contribution >= 4 is 22.7 Å². The molecule has 4 aromatic rings. The lowest BCUT2D eigenvalue weighted by Crippen LogP contribution is -2.45. The second-order valence-electron chi connectivity index (χ2n) is 8.96. The predicted molar refractivity (Wildman–Crippen MR) is 133 cm³/mol. The summed E-state index contributed by atoms with van der Waals surface area (Å²) in [5.74, 6) is -0.929. The van der Waals surface area contributed by atoms with E-state index in [4.69, 9.17) is 0 Å². The van der Waals surface area contributed by atoms with Gasteiger partial charge < -0.3 is 19.9 Å². The molecule has 0 unspecified atom stereocenters. The number of hydrogen-bond acceptors (Lipinski definition) is 4. The van der Waals surface area contributed by atoms with Gasteiger partial charge in [0.2, 0.25) is 0 Å². The first-order valence-electron chi connectivity index (χ1n) is 11.3. The SMILES string of the molecule is Cc1cc(-c2cnc3[nH]cc(-c4cccc(C(=O)O)c4)c3c2)cc(C)c1N1CCN(C)CC1. The molecule has 1 aliphatic heterocycles. The van der Waals surface area contributed by atoms with E-state index in [9.17, 15) is 9.90 Å². The molecule has 2 aromatic carbocycles. The van der Waals surface area contributed by atoms with Gasteiger partial charge in [0.1, 0.15) is 5.65 Å². The van der Waals surface area contributed by atoms with Crippen molar-refractivity contribution < 1.29 is 9.90 Å². The summed E-state index contributed by atoms with van der Waals surface area (Å²) in [5.41, 5.74) is 8.96. The molecule has 5 rings (SSSR count). The molecule has 0 spiro atoms. The van der Waals surface area contributed by atoms with E-state index in [0.717, 1.165) is 59.5 Å². The summed E-state index contributed by atoms with van der Waals surface area (Å²) < 4.78 is 0. The van der Waals surface area contributed by atoms with Crippen molar-refractivity contribution in [1.82, 2.24) is 14.9 Å². The minimum Gasteiger partial charge on any atom is -0.478 e. The highest BCUT2D eigenvalue weighted by molar-refractivity contribution is 5.97. The number of aryl methyl sites for hydroxylation is 2. The van der Waals surface area contributed by atoms with Crippen molar-refractivity contribution in [3.05, 3.63) is 71.5 Å². The fraction of sp³-hybridized carbons (Fsp3) is 0.259. The zero-order chi connectivity index (χ0) is 23.1. The number of fused-ring (bicyclic) bond motifs is 1. The number of carboxylic acids is 1. The number of aromatic nitrogens is 2. The van der Waals surface area contributed by atoms with E-state index in [1.165, 1.54) is 16.8 Å². The molecule has 2 aromatic heterocycles. The number of aromatic amines is 1. The smallest absolute Gasteiger partial charge is 0.335 e. The molecular weight excluding hydrogens is 412 g/mol. The van der Waals surface area contributed by atoms with Gasteiger partial charge in [-0.05, 0) is 73.5 Å². The second-order valence-corrected chi connectivity index (χ2v) is 8.96. The maximum absolute atomic E-state index is 11.4. The van der Waals surface area contributed by atoms with Crippen molar-refractivity contribution in [2.45, 2.75) is 13.8 Å². The van der Waals surface area contributed by atoms with Crippen LogP contribution in [0.2, 0.25) is 0 Å². The summed E-state index contributed by atoms with van der Waals surface area (Å²) in [6, 6.07) is 13.7. The third-order valence-electron chi connectivity index (χ3n) is 6.60. The van der Waals surface area contributed by atoms with Gasteiger partial charge in [0.05, 0.1) is 5.56 Å².